The number of alkyl halides is 4. The molecule has 0 fully saturated rings. The van der Waals surface area contributed by atoms with E-state index in [1.807, 2.05) is 0 Å². The standard InChI is InChI=1S/C9H9ClF3NO2/c1-5-8(16-9(11,12)13)6(3-10)7(15-2)4-14-5/h4H,3H2,1-2H3. The minimum Gasteiger partial charge on any atom is -0.495 e. The van der Waals surface area contributed by atoms with Crippen LogP contribution in [0.3, 0.4) is 0 Å². The van der Waals surface area contributed by atoms with Gasteiger partial charge in [0, 0.05) is 0 Å². The van der Waals surface area contributed by atoms with Gasteiger partial charge in [-0.1, -0.05) is 0 Å². The molecule has 0 N–H and O–H groups in total. The Balaban J connectivity index is 3.23. The summed E-state index contributed by atoms with van der Waals surface area (Å²) >= 11 is 5.56. The lowest BCUT2D eigenvalue weighted by molar-refractivity contribution is -0.275. The van der Waals surface area contributed by atoms with E-state index in [9.17, 15) is 13.2 Å². The first-order valence-electron chi connectivity index (χ1n) is 4.23. The van der Waals surface area contributed by atoms with Gasteiger partial charge in [-0.2, -0.15) is 0 Å². The highest BCUT2D eigenvalue weighted by atomic mass is 35.5. The van der Waals surface area contributed by atoms with Crippen LogP contribution in [0, 0.1) is 6.92 Å². The van der Waals surface area contributed by atoms with Crippen LogP contribution in [0.5, 0.6) is 11.5 Å². The van der Waals surface area contributed by atoms with E-state index in [2.05, 4.69) is 9.72 Å². The molecule has 0 radical (unpaired) electrons. The highest BCUT2D eigenvalue weighted by molar-refractivity contribution is 6.17. The van der Waals surface area contributed by atoms with Gasteiger partial charge in [-0.05, 0) is 6.92 Å². The SMILES string of the molecule is COc1cnc(C)c(OC(F)(F)F)c1CCl. The molecule has 1 rings (SSSR count). The van der Waals surface area contributed by atoms with Crippen molar-refractivity contribution >= 4 is 11.6 Å². The summed E-state index contributed by atoms with van der Waals surface area (Å²) in [5, 5.41) is 0. The zero-order valence-electron chi connectivity index (χ0n) is 8.56. The Kier molecular flexibility index (Phi) is 3.85. The van der Waals surface area contributed by atoms with Crippen molar-refractivity contribution in [1.29, 1.82) is 0 Å². The third-order valence-corrected chi connectivity index (χ3v) is 2.11. The van der Waals surface area contributed by atoms with Gasteiger partial charge < -0.3 is 9.47 Å². The van der Waals surface area contributed by atoms with E-state index in [0.717, 1.165) is 0 Å². The molecule has 0 saturated heterocycles. The normalized spacial score (nSPS) is 11.4. The molecule has 0 atom stereocenters. The Labute approximate surface area is 95.1 Å². The Hall–Kier alpha value is -1.17. The van der Waals surface area contributed by atoms with Crippen molar-refractivity contribution in [2.45, 2.75) is 19.2 Å². The molecule has 0 saturated carbocycles. The molecule has 0 unspecified atom stereocenters. The number of nitrogens with zero attached hydrogens (tertiary/aromatic N) is 1. The van der Waals surface area contributed by atoms with Crippen molar-refractivity contribution in [1.82, 2.24) is 4.98 Å². The topological polar surface area (TPSA) is 31.4 Å². The maximum Gasteiger partial charge on any atom is 0.573 e. The smallest absolute Gasteiger partial charge is 0.495 e. The summed E-state index contributed by atoms with van der Waals surface area (Å²) in [5.41, 5.74) is 0.239. The van der Waals surface area contributed by atoms with Crippen LogP contribution in [-0.4, -0.2) is 18.5 Å². The Morgan fingerprint density at radius 3 is 2.50 bits per heavy atom. The lowest BCUT2D eigenvalue weighted by Gasteiger charge is -2.15. The number of rotatable bonds is 3. The number of pyridine rings is 1. The van der Waals surface area contributed by atoms with Gasteiger partial charge in [0.2, 0.25) is 0 Å². The van der Waals surface area contributed by atoms with Crippen LogP contribution in [0.15, 0.2) is 6.20 Å². The van der Waals surface area contributed by atoms with Gasteiger partial charge in [0.05, 0.1) is 30.4 Å². The van der Waals surface area contributed by atoms with Crippen molar-refractivity contribution < 1.29 is 22.6 Å². The predicted octanol–water partition coefficient (Wildman–Crippen LogP) is 3.04. The van der Waals surface area contributed by atoms with Crippen LogP contribution in [0.1, 0.15) is 11.3 Å². The van der Waals surface area contributed by atoms with Crippen LogP contribution in [0.4, 0.5) is 13.2 Å². The molecule has 0 amide bonds. The maximum atomic E-state index is 12.1. The number of halogens is 4. The number of hydrogen-bond donors (Lipinski definition) is 0. The van der Waals surface area contributed by atoms with E-state index in [1.165, 1.54) is 20.2 Å². The van der Waals surface area contributed by atoms with Crippen molar-refractivity contribution in [2.75, 3.05) is 7.11 Å². The Morgan fingerprint density at radius 1 is 1.44 bits per heavy atom. The summed E-state index contributed by atoms with van der Waals surface area (Å²) < 4.78 is 45.1. The predicted molar refractivity (Wildman–Crippen MR) is 51.8 cm³/mol. The molecule has 0 aromatic carbocycles. The second-order valence-corrected chi connectivity index (χ2v) is 3.17. The molecular weight excluding hydrogens is 247 g/mol. The van der Waals surface area contributed by atoms with Crippen molar-refractivity contribution in [3.05, 3.63) is 17.5 Å². The summed E-state index contributed by atoms with van der Waals surface area (Å²) in [4.78, 5) is 3.73. The third kappa shape index (κ3) is 2.91. The van der Waals surface area contributed by atoms with Crippen molar-refractivity contribution in [2.24, 2.45) is 0 Å². The van der Waals surface area contributed by atoms with Gasteiger partial charge in [0.25, 0.3) is 0 Å². The molecular formula is C9H9ClF3NO2. The number of hydrogen-bond acceptors (Lipinski definition) is 3. The highest BCUT2D eigenvalue weighted by Crippen LogP contribution is 2.35. The second-order valence-electron chi connectivity index (χ2n) is 2.90. The number of methoxy groups -OCH3 is 1. The number of aryl methyl sites for hydroxylation is 1. The molecule has 7 heteroatoms. The minimum atomic E-state index is -4.78. The molecule has 0 spiro atoms. The summed E-state index contributed by atoms with van der Waals surface area (Å²) in [5.74, 6) is -0.389. The third-order valence-electron chi connectivity index (χ3n) is 1.85. The van der Waals surface area contributed by atoms with E-state index >= 15 is 0 Å². The highest BCUT2D eigenvalue weighted by Gasteiger charge is 2.33. The zero-order valence-corrected chi connectivity index (χ0v) is 9.32. The first-order valence-corrected chi connectivity index (χ1v) is 4.76. The first kappa shape index (κ1) is 12.9. The van der Waals surface area contributed by atoms with E-state index in [0.29, 0.717) is 0 Å². The largest absolute Gasteiger partial charge is 0.573 e. The fourth-order valence-electron chi connectivity index (χ4n) is 1.18. The molecule has 0 aliphatic rings. The van der Waals surface area contributed by atoms with Gasteiger partial charge >= 0.3 is 6.36 Å². The van der Waals surface area contributed by atoms with Crippen LogP contribution in [-0.2, 0) is 5.88 Å². The molecule has 16 heavy (non-hydrogen) atoms. The summed E-state index contributed by atoms with van der Waals surface area (Å²) in [7, 11) is 1.32. The average Bonchev–Trinajstić information content (AvgIpc) is 2.19. The van der Waals surface area contributed by atoms with Crippen LogP contribution >= 0.6 is 11.6 Å². The monoisotopic (exact) mass is 255 g/mol. The fourth-order valence-corrected chi connectivity index (χ4v) is 1.43. The van der Waals surface area contributed by atoms with E-state index in [-0.39, 0.29) is 22.9 Å². The molecule has 0 aliphatic heterocycles. The molecule has 0 aliphatic carbocycles. The molecule has 1 aromatic heterocycles. The Morgan fingerprint density at radius 2 is 2.06 bits per heavy atom. The summed E-state index contributed by atoms with van der Waals surface area (Å²) in [6, 6.07) is 0. The maximum absolute atomic E-state index is 12.1. The van der Waals surface area contributed by atoms with Crippen LogP contribution in [0.25, 0.3) is 0 Å². The molecule has 0 bridgehead atoms. The average molecular weight is 256 g/mol. The van der Waals surface area contributed by atoms with Gasteiger partial charge in [-0.3, -0.25) is 4.98 Å². The number of ether oxygens (including phenoxy) is 2. The van der Waals surface area contributed by atoms with E-state index < -0.39 is 12.1 Å². The lowest BCUT2D eigenvalue weighted by atomic mass is 10.2. The van der Waals surface area contributed by atoms with Crippen molar-refractivity contribution in [3.63, 3.8) is 0 Å². The van der Waals surface area contributed by atoms with Crippen molar-refractivity contribution in [3.8, 4) is 11.5 Å². The first-order chi connectivity index (χ1) is 7.39. The molecule has 1 heterocycles. The molecule has 1 aromatic rings. The molecule has 90 valence electrons. The second kappa shape index (κ2) is 4.78. The fraction of sp³-hybridized carbons (Fsp3) is 0.444. The zero-order chi connectivity index (χ0) is 12.3. The van der Waals surface area contributed by atoms with Gasteiger partial charge in [0.15, 0.2) is 5.75 Å². The van der Waals surface area contributed by atoms with Gasteiger partial charge in [-0.15, -0.1) is 24.8 Å². The summed E-state index contributed by atoms with van der Waals surface area (Å²) in [6.07, 6.45) is -3.48. The van der Waals surface area contributed by atoms with Gasteiger partial charge in [0.1, 0.15) is 5.75 Å². The van der Waals surface area contributed by atoms with E-state index in [1.54, 1.807) is 0 Å². The van der Waals surface area contributed by atoms with Gasteiger partial charge in [-0.25, -0.2) is 0 Å². The van der Waals surface area contributed by atoms with Crippen LogP contribution in [0.2, 0.25) is 0 Å². The molecule has 3 nitrogen and oxygen atoms in total. The quantitative estimate of drug-likeness (QED) is 0.778. The summed E-state index contributed by atoms with van der Waals surface area (Å²) in [6.45, 7) is 1.40. The van der Waals surface area contributed by atoms with Crippen LogP contribution < -0.4 is 9.47 Å². The Bertz CT molecular complexity index is 382. The lowest BCUT2D eigenvalue weighted by Crippen LogP contribution is -2.19. The number of aromatic nitrogens is 1. The minimum absolute atomic E-state index is 0.105. The van der Waals surface area contributed by atoms with E-state index in [4.69, 9.17) is 16.3 Å².